The second kappa shape index (κ2) is 4.36. The molecule has 0 N–H and O–H groups in total. The topological polar surface area (TPSA) is 32.3 Å². The van der Waals surface area contributed by atoms with Crippen LogP contribution in [0.3, 0.4) is 0 Å². The van der Waals surface area contributed by atoms with Gasteiger partial charge in [-0.2, -0.15) is 13.2 Å². The van der Waals surface area contributed by atoms with Crippen molar-refractivity contribution < 1.29 is 13.2 Å². The summed E-state index contributed by atoms with van der Waals surface area (Å²) in [6, 6.07) is 9.36. The molecule has 0 radical (unpaired) electrons. The molecule has 20 heavy (non-hydrogen) atoms. The number of para-hydroxylation sites is 1. The first-order valence-corrected chi connectivity index (χ1v) is 5.95. The van der Waals surface area contributed by atoms with Gasteiger partial charge in [0.25, 0.3) is 0 Å². The zero-order valence-electron chi connectivity index (χ0n) is 10.6. The molecule has 1 aliphatic rings. The number of alkyl halides is 3. The molecule has 104 valence electrons. The molecule has 0 unspecified atom stereocenters. The Hall–Kier alpha value is -2.31. The van der Waals surface area contributed by atoms with Crippen molar-refractivity contribution in [3.05, 3.63) is 42.2 Å². The number of aromatic nitrogens is 2. The van der Waals surface area contributed by atoms with Crippen molar-refractivity contribution in [2.75, 3.05) is 23.5 Å². The fraction of sp³-hybridized carbons (Fsp3) is 0.231. The summed E-state index contributed by atoms with van der Waals surface area (Å²) in [6.45, 7) is 0.417. The molecular weight excluding hydrogens is 269 g/mol. The minimum absolute atomic E-state index is 0.240. The van der Waals surface area contributed by atoms with Gasteiger partial charge in [-0.05, 0) is 12.1 Å². The maximum absolute atomic E-state index is 12.7. The van der Waals surface area contributed by atoms with E-state index in [1.54, 1.807) is 11.9 Å². The highest BCUT2D eigenvalue weighted by Crippen LogP contribution is 2.38. The molecule has 1 aromatic heterocycles. The zero-order chi connectivity index (χ0) is 14.3. The highest BCUT2D eigenvalue weighted by Gasteiger charge is 2.36. The van der Waals surface area contributed by atoms with Gasteiger partial charge in [0.1, 0.15) is 0 Å². The predicted octanol–water partition coefficient (Wildman–Crippen LogP) is 3.04. The average Bonchev–Trinajstić information content (AvgIpc) is 2.76. The van der Waals surface area contributed by atoms with Crippen molar-refractivity contribution in [3.8, 4) is 0 Å². The van der Waals surface area contributed by atoms with Crippen LogP contribution < -0.4 is 9.80 Å². The van der Waals surface area contributed by atoms with Crippen molar-refractivity contribution in [2.24, 2.45) is 0 Å². The van der Waals surface area contributed by atoms with Gasteiger partial charge in [0, 0.05) is 12.7 Å². The number of hydrogen-bond donors (Lipinski definition) is 0. The summed E-state index contributed by atoms with van der Waals surface area (Å²) in [5.74, 6) is 0.676. The monoisotopic (exact) mass is 280 g/mol. The number of nitrogens with zero attached hydrogens (tertiary/aromatic N) is 4. The quantitative estimate of drug-likeness (QED) is 0.803. The Labute approximate surface area is 113 Å². The minimum Gasteiger partial charge on any atom is -0.338 e. The lowest BCUT2D eigenvalue weighted by molar-refractivity contribution is -0.141. The van der Waals surface area contributed by atoms with Crippen LogP contribution in [0.1, 0.15) is 5.69 Å². The molecule has 0 amide bonds. The van der Waals surface area contributed by atoms with Crippen LogP contribution in [-0.2, 0) is 6.18 Å². The largest absolute Gasteiger partial charge is 0.434 e. The SMILES string of the molecule is CN1CN(c2ccccc2)c2ncc(C(F)(F)F)nc21. The molecule has 2 aromatic rings. The molecule has 0 saturated heterocycles. The molecule has 0 atom stereocenters. The number of benzene rings is 1. The number of rotatable bonds is 1. The van der Waals surface area contributed by atoms with Gasteiger partial charge in [-0.3, -0.25) is 0 Å². The lowest BCUT2D eigenvalue weighted by Crippen LogP contribution is -2.24. The first kappa shape index (κ1) is 12.7. The second-order valence-electron chi connectivity index (χ2n) is 4.50. The smallest absolute Gasteiger partial charge is 0.338 e. The first-order valence-electron chi connectivity index (χ1n) is 5.95. The predicted molar refractivity (Wildman–Crippen MR) is 68.9 cm³/mol. The summed E-state index contributed by atoms with van der Waals surface area (Å²) in [4.78, 5) is 11.1. The van der Waals surface area contributed by atoms with Crippen LogP contribution in [-0.4, -0.2) is 23.7 Å². The Morgan fingerprint density at radius 2 is 1.80 bits per heavy atom. The molecule has 0 fully saturated rings. The Bertz CT molecular complexity index is 627. The van der Waals surface area contributed by atoms with Crippen LogP contribution in [0.2, 0.25) is 0 Å². The van der Waals surface area contributed by atoms with Crippen LogP contribution in [0, 0.1) is 0 Å². The van der Waals surface area contributed by atoms with Gasteiger partial charge in [0.15, 0.2) is 17.3 Å². The van der Waals surface area contributed by atoms with Crippen LogP contribution in [0.4, 0.5) is 30.5 Å². The average molecular weight is 280 g/mol. The third-order valence-corrected chi connectivity index (χ3v) is 3.06. The number of halogens is 3. The van der Waals surface area contributed by atoms with E-state index < -0.39 is 11.9 Å². The normalized spacial score (nSPS) is 14.6. The van der Waals surface area contributed by atoms with E-state index in [1.807, 2.05) is 35.2 Å². The Kier molecular flexibility index (Phi) is 2.77. The van der Waals surface area contributed by atoms with E-state index in [0.29, 0.717) is 12.5 Å². The van der Waals surface area contributed by atoms with Crippen molar-refractivity contribution in [1.82, 2.24) is 9.97 Å². The number of anilines is 3. The summed E-state index contributed by atoms with van der Waals surface area (Å²) in [7, 11) is 1.69. The molecule has 0 aliphatic carbocycles. The number of fused-ring (bicyclic) bond motifs is 1. The highest BCUT2D eigenvalue weighted by molar-refractivity contribution is 5.76. The molecule has 1 aliphatic heterocycles. The van der Waals surface area contributed by atoms with E-state index in [1.165, 1.54) is 0 Å². The molecular formula is C13H11F3N4. The van der Waals surface area contributed by atoms with E-state index in [-0.39, 0.29) is 5.82 Å². The zero-order valence-corrected chi connectivity index (χ0v) is 10.6. The van der Waals surface area contributed by atoms with Crippen molar-refractivity contribution in [1.29, 1.82) is 0 Å². The Balaban J connectivity index is 2.04. The summed E-state index contributed by atoms with van der Waals surface area (Å²) in [6.07, 6.45) is -3.71. The summed E-state index contributed by atoms with van der Waals surface area (Å²) in [5, 5.41) is 0. The van der Waals surface area contributed by atoms with E-state index in [9.17, 15) is 13.2 Å². The molecule has 3 rings (SSSR count). The van der Waals surface area contributed by atoms with Crippen molar-refractivity contribution >= 4 is 17.3 Å². The Morgan fingerprint density at radius 3 is 2.45 bits per heavy atom. The van der Waals surface area contributed by atoms with Crippen molar-refractivity contribution in [2.45, 2.75) is 6.18 Å². The van der Waals surface area contributed by atoms with E-state index >= 15 is 0 Å². The molecule has 4 nitrogen and oxygen atoms in total. The molecule has 2 heterocycles. The molecule has 1 aromatic carbocycles. The minimum atomic E-state index is -4.48. The lowest BCUT2D eigenvalue weighted by atomic mass is 10.3. The third-order valence-electron chi connectivity index (χ3n) is 3.06. The molecule has 0 spiro atoms. The van der Waals surface area contributed by atoms with E-state index in [4.69, 9.17) is 0 Å². The van der Waals surface area contributed by atoms with Crippen LogP contribution >= 0.6 is 0 Å². The Morgan fingerprint density at radius 1 is 1.10 bits per heavy atom. The summed E-state index contributed by atoms with van der Waals surface area (Å²) < 4.78 is 38.0. The second-order valence-corrected chi connectivity index (χ2v) is 4.50. The molecule has 0 saturated carbocycles. The van der Waals surface area contributed by atoms with Gasteiger partial charge < -0.3 is 9.80 Å². The summed E-state index contributed by atoms with van der Waals surface area (Å²) in [5.41, 5.74) is -0.106. The van der Waals surface area contributed by atoms with Crippen LogP contribution in [0.25, 0.3) is 0 Å². The summed E-state index contributed by atoms with van der Waals surface area (Å²) >= 11 is 0. The van der Waals surface area contributed by atoms with Gasteiger partial charge in [-0.1, -0.05) is 18.2 Å². The highest BCUT2D eigenvalue weighted by atomic mass is 19.4. The van der Waals surface area contributed by atoms with Crippen LogP contribution in [0.15, 0.2) is 36.5 Å². The maximum atomic E-state index is 12.7. The van der Waals surface area contributed by atoms with Crippen LogP contribution in [0.5, 0.6) is 0 Å². The third kappa shape index (κ3) is 2.04. The van der Waals surface area contributed by atoms with Gasteiger partial charge in [0.2, 0.25) is 0 Å². The van der Waals surface area contributed by atoms with Gasteiger partial charge in [-0.25, -0.2) is 9.97 Å². The van der Waals surface area contributed by atoms with Gasteiger partial charge >= 0.3 is 6.18 Å². The maximum Gasteiger partial charge on any atom is 0.434 e. The lowest BCUT2D eigenvalue weighted by Gasteiger charge is -2.17. The number of hydrogen-bond acceptors (Lipinski definition) is 4. The molecule has 7 heteroatoms. The first-order chi connectivity index (χ1) is 9.47. The van der Waals surface area contributed by atoms with E-state index in [2.05, 4.69) is 9.97 Å². The van der Waals surface area contributed by atoms with Gasteiger partial charge in [0.05, 0.1) is 12.9 Å². The standard InChI is InChI=1S/C13H11F3N4/c1-19-8-20(9-5-3-2-4-6-9)11-12(19)18-10(7-17-11)13(14,15)16/h2-7H,8H2,1H3. The molecule has 0 bridgehead atoms. The fourth-order valence-corrected chi connectivity index (χ4v) is 2.11. The fourth-order valence-electron chi connectivity index (χ4n) is 2.11. The van der Waals surface area contributed by atoms with E-state index in [0.717, 1.165) is 11.9 Å². The van der Waals surface area contributed by atoms with Crippen molar-refractivity contribution in [3.63, 3.8) is 0 Å². The van der Waals surface area contributed by atoms with Gasteiger partial charge in [-0.15, -0.1) is 0 Å².